The lowest BCUT2D eigenvalue weighted by Crippen LogP contribution is -2.38. The zero-order chi connectivity index (χ0) is 24.0. The number of carbonyl (C=O) groups is 2. The van der Waals surface area contributed by atoms with Gasteiger partial charge in [-0.1, -0.05) is 13.0 Å². The molecule has 0 aliphatic rings. The zero-order valence-electron chi connectivity index (χ0n) is 19.8. The van der Waals surface area contributed by atoms with E-state index in [1.165, 1.54) is 11.3 Å². The van der Waals surface area contributed by atoms with Crippen LogP contribution in [0.1, 0.15) is 45.9 Å². The first-order valence-corrected chi connectivity index (χ1v) is 11.8. The van der Waals surface area contributed by atoms with E-state index in [-0.39, 0.29) is 17.9 Å². The van der Waals surface area contributed by atoms with Gasteiger partial charge in [-0.15, -0.1) is 11.3 Å². The third kappa shape index (κ3) is 5.93. The molecule has 174 valence electrons. The Balaban J connectivity index is 1.91. The van der Waals surface area contributed by atoms with Crippen LogP contribution in [0.4, 0.5) is 11.4 Å². The lowest BCUT2D eigenvalue weighted by molar-refractivity contribution is 0.0671. The van der Waals surface area contributed by atoms with Gasteiger partial charge in [0.05, 0.1) is 12.0 Å². The Bertz CT molecular complexity index is 1080. The molecule has 3 rings (SSSR count). The predicted molar refractivity (Wildman–Crippen MR) is 136 cm³/mol. The molecule has 0 bridgehead atoms. The summed E-state index contributed by atoms with van der Waals surface area (Å²) >= 11 is 1.40. The Morgan fingerprint density at radius 3 is 2.39 bits per heavy atom. The van der Waals surface area contributed by atoms with Crippen molar-refractivity contribution in [2.45, 2.75) is 32.9 Å². The molecular weight excluding hydrogens is 434 g/mol. The summed E-state index contributed by atoms with van der Waals surface area (Å²) in [6.45, 7) is 4.55. The van der Waals surface area contributed by atoms with Crippen molar-refractivity contribution in [2.75, 3.05) is 31.4 Å². The van der Waals surface area contributed by atoms with Crippen molar-refractivity contribution < 1.29 is 14.3 Å². The van der Waals surface area contributed by atoms with E-state index in [2.05, 4.69) is 19.2 Å². The maximum atomic E-state index is 13.5. The van der Waals surface area contributed by atoms with Crippen LogP contribution >= 0.6 is 11.3 Å². The zero-order valence-corrected chi connectivity index (χ0v) is 20.6. The van der Waals surface area contributed by atoms with Crippen molar-refractivity contribution in [3.8, 4) is 5.75 Å². The molecule has 0 saturated carbocycles. The third-order valence-corrected chi connectivity index (χ3v) is 6.49. The Morgan fingerprint density at radius 2 is 1.82 bits per heavy atom. The van der Waals surface area contributed by atoms with E-state index in [1.54, 1.807) is 37.4 Å². The second-order valence-electron chi connectivity index (χ2n) is 8.09. The van der Waals surface area contributed by atoms with Gasteiger partial charge < -0.3 is 19.9 Å². The smallest absolute Gasteiger partial charge is 0.265 e. The lowest BCUT2D eigenvalue weighted by Gasteiger charge is -2.31. The topological polar surface area (TPSA) is 61.9 Å². The summed E-state index contributed by atoms with van der Waals surface area (Å²) in [6, 6.07) is 16.7. The van der Waals surface area contributed by atoms with Gasteiger partial charge in [0.2, 0.25) is 0 Å². The molecule has 2 aromatic carbocycles. The van der Waals surface area contributed by atoms with Crippen molar-refractivity contribution in [2.24, 2.45) is 0 Å². The second kappa shape index (κ2) is 11.0. The number of amides is 2. The quantitative estimate of drug-likeness (QED) is 0.452. The molecule has 0 radical (unpaired) electrons. The number of hydrogen-bond acceptors (Lipinski definition) is 5. The molecule has 1 N–H and O–H groups in total. The monoisotopic (exact) mass is 465 g/mol. The Hall–Kier alpha value is -3.32. The first-order chi connectivity index (χ1) is 15.8. The number of hydrogen-bond donors (Lipinski definition) is 1. The summed E-state index contributed by atoms with van der Waals surface area (Å²) < 4.78 is 5.22. The summed E-state index contributed by atoms with van der Waals surface area (Å²) in [4.78, 5) is 30.6. The molecule has 7 heteroatoms. The molecule has 0 fully saturated rings. The summed E-state index contributed by atoms with van der Waals surface area (Å²) in [5.41, 5.74) is 3.28. The SMILES string of the molecule is CC[C@@H](C)N(Cc1cc(NC(=O)c2cccs2)ccc1N(C)C)C(=O)c1ccc(OC)cc1. The van der Waals surface area contributed by atoms with Gasteiger partial charge in [-0.2, -0.15) is 0 Å². The van der Waals surface area contributed by atoms with Crippen LogP contribution in [0.25, 0.3) is 0 Å². The van der Waals surface area contributed by atoms with Crippen LogP contribution in [0, 0.1) is 0 Å². The summed E-state index contributed by atoms with van der Waals surface area (Å²) in [5.74, 6) is 0.539. The fourth-order valence-electron chi connectivity index (χ4n) is 3.56. The molecule has 1 atom stereocenters. The van der Waals surface area contributed by atoms with E-state index in [0.717, 1.165) is 17.7 Å². The number of thiophene rings is 1. The molecule has 6 nitrogen and oxygen atoms in total. The van der Waals surface area contributed by atoms with Crippen molar-refractivity contribution in [3.63, 3.8) is 0 Å². The highest BCUT2D eigenvalue weighted by Crippen LogP contribution is 2.27. The minimum atomic E-state index is -0.137. The Morgan fingerprint density at radius 1 is 1.09 bits per heavy atom. The molecule has 1 aromatic heterocycles. The van der Waals surface area contributed by atoms with Gasteiger partial charge in [0, 0.05) is 43.6 Å². The summed E-state index contributed by atoms with van der Waals surface area (Å²) in [6.07, 6.45) is 0.827. The second-order valence-corrected chi connectivity index (χ2v) is 9.04. The van der Waals surface area contributed by atoms with Crippen molar-refractivity contribution >= 4 is 34.5 Å². The van der Waals surface area contributed by atoms with Crippen LogP contribution in [0.2, 0.25) is 0 Å². The number of benzene rings is 2. The molecule has 33 heavy (non-hydrogen) atoms. The summed E-state index contributed by atoms with van der Waals surface area (Å²) in [7, 11) is 5.55. The molecule has 0 unspecified atom stereocenters. The number of nitrogens with zero attached hydrogens (tertiary/aromatic N) is 2. The highest BCUT2D eigenvalue weighted by Gasteiger charge is 2.23. The van der Waals surface area contributed by atoms with Crippen molar-refractivity contribution in [3.05, 3.63) is 76.0 Å². The largest absolute Gasteiger partial charge is 0.497 e. The minimum absolute atomic E-state index is 0.0373. The van der Waals surface area contributed by atoms with E-state index >= 15 is 0 Å². The number of methoxy groups -OCH3 is 1. The van der Waals surface area contributed by atoms with E-state index in [9.17, 15) is 9.59 Å². The maximum Gasteiger partial charge on any atom is 0.265 e. The van der Waals surface area contributed by atoms with Gasteiger partial charge >= 0.3 is 0 Å². The van der Waals surface area contributed by atoms with Crippen LogP contribution in [0.5, 0.6) is 5.75 Å². The molecular formula is C26H31N3O3S. The average molecular weight is 466 g/mol. The van der Waals surface area contributed by atoms with Crippen LogP contribution in [-0.4, -0.2) is 44.0 Å². The number of carbonyl (C=O) groups excluding carboxylic acids is 2. The highest BCUT2D eigenvalue weighted by atomic mass is 32.1. The fourth-order valence-corrected chi connectivity index (χ4v) is 4.18. The average Bonchev–Trinajstić information content (AvgIpc) is 3.37. The molecule has 3 aromatic rings. The molecule has 0 aliphatic carbocycles. The van der Waals surface area contributed by atoms with Gasteiger partial charge in [0.1, 0.15) is 5.75 Å². The van der Waals surface area contributed by atoms with Gasteiger partial charge in [-0.05, 0) is 72.8 Å². The standard InChI is InChI=1S/C26H31N3O3S/c1-6-18(2)29(26(31)19-9-12-22(32-5)13-10-19)17-20-16-21(11-14-23(20)28(3)4)27-25(30)24-8-7-15-33-24/h7-16,18H,6,17H2,1-5H3,(H,27,30)/t18-/m1/s1. The number of ether oxygens (including phenoxy) is 1. The Labute approximate surface area is 199 Å². The van der Waals surface area contributed by atoms with E-state index in [4.69, 9.17) is 4.74 Å². The third-order valence-electron chi connectivity index (χ3n) is 5.63. The van der Waals surface area contributed by atoms with Crippen LogP contribution in [0.3, 0.4) is 0 Å². The number of nitrogens with one attached hydrogen (secondary N) is 1. The predicted octanol–water partition coefficient (Wildman–Crippen LogP) is 5.52. The van der Waals surface area contributed by atoms with E-state index < -0.39 is 0 Å². The molecule has 1 heterocycles. The van der Waals surface area contributed by atoms with E-state index in [0.29, 0.717) is 28.4 Å². The first kappa shape index (κ1) is 24.3. The van der Waals surface area contributed by atoms with Crippen LogP contribution < -0.4 is 15.0 Å². The highest BCUT2D eigenvalue weighted by molar-refractivity contribution is 7.12. The van der Waals surface area contributed by atoms with Gasteiger partial charge in [0.15, 0.2) is 0 Å². The maximum absolute atomic E-state index is 13.5. The van der Waals surface area contributed by atoms with Gasteiger partial charge in [-0.25, -0.2) is 0 Å². The molecule has 0 aliphatic heterocycles. The molecule has 0 saturated heterocycles. The van der Waals surface area contributed by atoms with Crippen LogP contribution in [0.15, 0.2) is 60.0 Å². The number of anilines is 2. The molecule has 0 spiro atoms. The van der Waals surface area contributed by atoms with Crippen molar-refractivity contribution in [1.29, 1.82) is 0 Å². The van der Waals surface area contributed by atoms with E-state index in [1.807, 2.05) is 53.5 Å². The molecule has 2 amide bonds. The lowest BCUT2D eigenvalue weighted by atomic mass is 10.1. The first-order valence-electron chi connectivity index (χ1n) is 10.9. The minimum Gasteiger partial charge on any atom is -0.497 e. The van der Waals surface area contributed by atoms with Gasteiger partial charge in [0.25, 0.3) is 11.8 Å². The summed E-state index contributed by atoms with van der Waals surface area (Å²) in [5, 5.41) is 4.86. The Kier molecular flexibility index (Phi) is 8.11. The van der Waals surface area contributed by atoms with Crippen LogP contribution in [-0.2, 0) is 6.54 Å². The fraction of sp³-hybridized carbons (Fsp3) is 0.308. The van der Waals surface area contributed by atoms with Crippen molar-refractivity contribution in [1.82, 2.24) is 4.90 Å². The van der Waals surface area contributed by atoms with Gasteiger partial charge in [-0.3, -0.25) is 9.59 Å². The number of rotatable bonds is 9. The normalized spacial score (nSPS) is 11.5.